The maximum Gasteiger partial charge on any atom is 0.223 e. The molecule has 5 aliphatic rings. The molecule has 2 aromatic rings. The van der Waals surface area contributed by atoms with Gasteiger partial charge in [-0.3, -0.25) is 9.79 Å². The first-order chi connectivity index (χ1) is 17.1. The fourth-order valence-corrected chi connectivity index (χ4v) is 7.19. The van der Waals surface area contributed by atoms with E-state index in [0.717, 1.165) is 37.4 Å². The highest BCUT2D eigenvalue weighted by molar-refractivity contribution is 5.81. The van der Waals surface area contributed by atoms with Gasteiger partial charge in [0.15, 0.2) is 0 Å². The van der Waals surface area contributed by atoms with E-state index in [-0.39, 0.29) is 29.0 Å². The molecule has 4 unspecified atom stereocenters. The molecule has 7 rings (SSSR count). The number of hydrogen-bond acceptors (Lipinski definition) is 6. The van der Waals surface area contributed by atoms with Crippen molar-refractivity contribution in [2.24, 2.45) is 27.7 Å². The van der Waals surface area contributed by atoms with Crippen LogP contribution in [0.25, 0.3) is 0 Å². The summed E-state index contributed by atoms with van der Waals surface area (Å²) in [6.45, 7) is 1.38. The van der Waals surface area contributed by atoms with Gasteiger partial charge in [0.25, 0.3) is 0 Å². The quantitative estimate of drug-likeness (QED) is 0.516. The lowest BCUT2D eigenvalue weighted by atomic mass is 9.60. The topological polar surface area (TPSA) is 84.0 Å². The Kier molecular flexibility index (Phi) is 4.77. The van der Waals surface area contributed by atoms with Crippen LogP contribution in [0.3, 0.4) is 0 Å². The number of carbonyl (C=O) groups is 1. The molecule has 7 nitrogen and oxygen atoms in total. The van der Waals surface area contributed by atoms with Crippen LogP contribution >= 0.6 is 0 Å². The molecular formula is C28H32N4O3. The zero-order valence-corrected chi connectivity index (χ0v) is 19.8. The maximum absolute atomic E-state index is 12.5. The summed E-state index contributed by atoms with van der Waals surface area (Å²) < 4.78 is 12.8. The van der Waals surface area contributed by atoms with Gasteiger partial charge in [-0.1, -0.05) is 30.3 Å². The number of nitrogens with zero attached hydrogens (tertiary/aromatic N) is 1. The Labute approximate surface area is 205 Å². The molecule has 4 fully saturated rings. The molecule has 6 atom stereocenters. The van der Waals surface area contributed by atoms with Crippen LogP contribution in [0.4, 0.5) is 0 Å². The summed E-state index contributed by atoms with van der Waals surface area (Å²) in [6.07, 6.45) is 8.45. The van der Waals surface area contributed by atoms with Crippen LogP contribution in [0.15, 0.2) is 59.6 Å². The molecule has 3 N–H and O–H groups in total. The summed E-state index contributed by atoms with van der Waals surface area (Å²) in [4.78, 5) is 16.7. The fourth-order valence-electron chi connectivity index (χ4n) is 7.19. The number of ether oxygens (including phenoxy) is 2. The van der Waals surface area contributed by atoms with Crippen molar-refractivity contribution in [2.75, 3.05) is 13.2 Å². The van der Waals surface area contributed by atoms with Gasteiger partial charge in [-0.25, -0.2) is 5.43 Å². The number of aliphatic imine (C=N–C) groups is 1. The molecule has 2 aliphatic heterocycles. The SMILES string of the molecule is O=C(NCC1N=CNN1)[C@H]1C[C@@H]1CCC12COC3(c4cccc(Oc5ccccc5)c4)CCC13C2. The summed E-state index contributed by atoms with van der Waals surface area (Å²) in [5.74, 6) is 2.58. The maximum atomic E-state index is 12.5. The summed E-state index contributed by atoms with van der Waals surface area (Å²) in [5, 5.41) is 3.05. The first kappa shape index (κ1) is 21.4. The van der Waals surface area contributed by atoms with Crippen molar-refractivity contribution < 1.29 is 14.3 Å². The van der Waals surface area contributed by atoms with E-state index in [1.54, 1.807) is 6.34 Å². The highest BCUT2D eigenvalue weighted by atomic mass is 16.5. The van der Waals surface area contributed by atoms with Crippen molar-refractivity contribution in [3.05, 3.63) is 60.2 Å². The molecular weight excluding hydrogens is 440 g/mol. The van der Waals surface area contributed by atoms with Crippen LogP contribution in [0.2, 0.25) is 0 Å². The molecule has 3 saturated carbocycles. The van der Waals surface area contributed by atoms with Gasteiger partial charge < -0.3 is 20.2 Å². The third-order valence-electron chi connectivity index (χ3n) is 9.37. The molecule has 0 bridgehead atoms. The number of amides is 1. The molecule has 182 valence electrons. The van der Waals surface area contributed by atoms with E-state index in [9.17, 15) is 4.79 Å². The zero-order valence-electron chi connectivity index (χ0n) is 19.8. The van der Waals surface area contributed by atoms with Crippen LogP contribution < -0.4 is 20.9 Å². The summed E-state index contributed by atoms with van der Waals surface area (Å²) in [6, 6.07) is 18.5. The van der Waals surface area contributed by atoms with E-state index in [1.165, 1.54) is 24.8 Å². The van der Waals surface area contributed by atoms with Crippen LogP contribution in [0.1, 0.15) is 44.1 Å². The van der Waals surface area contributed by atoms with Crippen molar-refractivity contribution in [2.45, 2.75) is 50.3 Å². The minimum atomic E-state index is -0.160. The Morgan fingerprint density at radius 2 is 2.03 bits per heavy atom. The van der Waals surface area contributed by atoms with Gasteiger partial charge in [0, 0.05) is 16.7 Å². The van der Waals surface area contributed by atoms with E-state index in [4.69, 9.17) is 9.47 Å². The molecule has 0 radical (unpaired) electrons. The molecule has 1 amide bonds. The van der Waals surface area contributed by atoms with Gasteiger partial charge in [-0.2, -0.15) is 0 Å². The Bertz CT molecular complexity index is 1170. The second kappa shape index (κ2) is 7.80. The van der Waals surface area contributed by atoms with E-state index in [0.29, 0.717) is 17.9 Å². The van der Waals surface area contributed by atoms with Gasteiger partial charge in [0.1, 0.15) is 17.7 Å². The average Bonchev–Trinajstić information content (AvgIpc) is 3.71. The normalized spacial score (nSPS) is 37.5. The minimum absolute atomic E-state index is 0.0691. The molecule has 3 aliphatic carbocycles. The van der Waals surface area contributed by atoms with E-state index >= 15 is 0 Å². The van der Waals surface area contributed by atoms with Gasteiger partial charge in [0.2, 0.25) is 5.91 Å². The number of carbonyl (C=O) groups excluding carboxylic acids is 1. The molecule has 1 saturated heterocycles. The fraction of sp³-hybridized carbons (Fsp3) is 0.500. The van der Waals surface area contributed by atoms with Crippen LogP contribution in [0.5, 0.6) is 11.5 Å². The summed E-state index contributed by atoms with van der Waals surface area (Å²) in [5.41, 5.74) is 7.50. The van der Waals surface area contributed by atoms with E-state index in [2.05, 4.69) is 39.4 Å². The second-order valence-electron chi connectivity index (χ2n) is 11.1. The molecule has 2 aromatic carbocycles. The smallest absolute Gasteiger partial charge is 0.223 e. The number of para-hydroxylation sites is 1. The van der Waals surface area contributed by atoms with Crippen molar-refractivity contribution >= 4 is 12.2 Å². The Hall–Kier alpha value is -2.90. The van der Waals surface area contributed by atoms with Gasteiger partial charge >= 0.3 is 0 Å². The lowest BCUT2D eigenvalue weighted by Crippen LogP contribution is -2.46. The average molecular weight is 473 g/mol. The van der Waals surface area contributed by atoms with Crippen molar-refractivity contribution in [3.63, 3.8) is 0 Å². The minimum Gasteiger partial charge on any atom is -0.457 e. The third-order valence-corrected chi connectivity index (χ3v) is 9.37. The van der Waals surface area contributed by atoms with Crippen LogP contribution in [0, 0.1) is 22.7 Å². The first-order valence-electron chi connectivity index (χ1n) is 12.9. The lowest BCUT2D eigenvalue weighted by molar-refractivity contribution is -0.125. The molecule has 2 heterocycles. The van der Waals surface area contributed by atoms with Crippen LogP contribution in [-0.4, -0.2) is 31.6 Å². The number of hydrogen-bond donors (Lipinski definition) is 3. The lowest BCUT2D eigenvalue weighted by Gasteiger charge is -2.48. The summed E-state index contributed by atoms with van der Waals surface area (Å²) in [7, 11) is 0. The molecule has 35 heavy (non-hydrogen) atoms. The predicted molar refractivity (Wildman–Crippen MR) is 132 cm³/mol. The van der Waals surface area contributed by atoms with E-state index < -0.39 is 0 Å². The van der Waals surface area contributed by atoms with Gasteiger partial charge in [0.05, 0.1) is 25.1 Å². The monoisotopic (exact) mass is 472 g/mol. The molecule has 7 heteroatoms. The largest absolute Gasteiger partial charge is 0.457 e. The summed E-state index contributed by atoms with van der Waals surface area (Å²) >= 11 is 0. The highest BCUT2D eigenvalue weighted by Gasteiger charge is 2.84. The number of hydrazine groups is 1. The van der Waals surface area contributed by atoms with E-state index in [1.807, 2.05) is 36.4 Å². The Balaban J connectivity index is 0.975. The zero-order chi connectivity index (χ0) is 23.5. The van der Waals surface area contributed by atoms with Crippen LogP contribution in [-0.2, 0) is 15.1 Å². The molecule has 1 spiro atoms. The number of nitrogens with one attached hydrogen (secondary N) is 3. The first-order valence-corrected chi connectivity index (χ1v) is 12.9. The molecule has 0 aromatic heterocycles. The third kappa shape index (κ3) is 3.32. The van der Waals surface area contributed by atoms with Gasteiger partial charge in [-0.05, 0) is 74.3 Å². The van der Waals surface area contributed by atoms with Gasteiger partial charge in [-0.15, -0.1) is 0 Å². The Morgan fingerprint density at radius 3 is 2.83 bits per heavy atom. The second-order valence-corrected chi connectivity index (χ2v) is 11.1. The standard InChI is InChI=1S/C28H32N4O3/c33-25(29-15-24-30-18-31-32-24)23-13-19(23)9-10-26-16-27(26)11-12-28(27,34-17-26)20-5-4-8-22(14-20)35-21-6-2-1-3-7-21/h1-8,14,18-19,23-24,32H,9-13,15-17H2,(H,29,33)(H,30,31)/t19-,23-,24?,26?,27?,28?/m0/s1. The van der Waals surface area contributed by atoms with Crippen molar-refractivity contribution in [1.82, 2.24) is 16.2 Å². The van der Waals surface area contributed by atoms with Crippen molar-refractivity contribution in [1.29, 1.82) is 0 Å². The number of benzene rings is 2. The predicted octanol–water partition coefficient (Wildman–Crippen LogP) is 3.87. The van der Waals surface area contributed by atoms with Crippen molar-refractivity contribution in [3.8, 4) is 11.5 Å². The Morgan fingerprint density at radius 1 is 1.14 bits per heavy atom. The number of rotatable bonds is 9. The highest BCUT2D eigenvalue weighted by Crippen LogP contribution is 2.87.